The van der Waals surface area contributed by atoms with Gasteiger partial charge in [0, 0.05) is 0 Å². The molecule has 0 atom stereocenters. The fourth-order valence-electron chi connectivity index (χ4n) is 5.14. The van der Waals surface area contributed by atoms with Gasteiger partial charge in [-0.25, -0.2) is 0 Å². The zero-order valence-corrected chi connectivity index (χ0v) is 20.7. The minimum Gasteiger partial charge on any atom is -0.399 e. The van der Waals surface area contributed by atoms with Gasteiger partial charge in [-0.1, -0.05) is 103 Å². The Morgan fingerprint density at radius 3 is 1.46 bits per heavy atom. The van der Waals surface area contributed by atoms with Gasteiger partial charge in [-0.2, -0.15) is 0 Å². The molecule has 0 bridgehead atoms. The summed E-state index contributed by atoms with van der Waals surface area (Å²) in [5, 5.41) is 0. The highest BCUT2D eigenvalue weighted by atomic mass is 16.7. The molecule has 0 aromatic heterocycles. The predicted molar refractivity (Wildman–Crippen MR) is 146 cm³/mol. The molecule has 6 rings (SSSR count). The summed E-state index contributed by atoms with van der Waals surface area (Å²) in [6, 6.07) is 36.6. The topological polar surface area (TPSA) is 18.5 Å². The molecule has 1 fully saturated rings. The Morgan fingerprint density at radius 1 is 0.514 bits per heavy atom. The fraction of sp³-hybridized carbons (Fsp3) is 0.188. The summed E-state index contributed by atoms with van der Waals surface area (Å²) >= 11 is 0. The Bertz CT molecular complexity index is 1370. The average Bonchev–Trinajstić information content (AvgIpc) is 3.30. The highest BCUT2D eigenvalue weighted by Crippen LogP contribution is 2.50. The Labute approximate surface area is 208 Å². The standard InChI is InChI=1S/C32H29BO2/c1-31(2)32(3,4)35-33(34-31)30(24-20-18-23(19-21-24)22-12-6-5-7-13-22)29-27-16-10-8-14-25(27)26-15-9-11-17-28(26)29/h5-21H,1-4H3. The van der Waals surface area contributed by atoms with E-state index >= 15 is 0 Å². The minimum absolute atomic E-state index is 0.426. The summed E-state index contributed by atoms with van der Waals surface area (Å²) in [6.45, 7) is 8.46. The molecule has 0 spiro atoms. The van der Waals surface area contributed by atoms with Gasteiger partial charge >= 0.3 is 7.12 Å². The second-order valence-corrected chi connectivity index (χ2v) is 10.4. The molecule has 0 N–H and O–H groups in total. The van der Waals surface area contributed by atoms with Crippen LogP contribution < -0.4 is 0 Å². The van der Waals surface area contributed by atoms with Crippen molar-refractivity contribution < 1.29 is 9.31 Å². The van der Waals surface area contributed by atoms with E-state index in [-0.39, 0.29) is 0 Å². The quantitative estimate of drug-likeness (QED) is 0.257. The third-order valence-electron chi connectivity index (χ3n) is 7.74. The van der Waals surface area contributed by atoms with Crippen LogP contribution in [-0.4, -0.2) is 18.3 Å². The molecule has 35 heavy (non-hydrogen) atoms. The molecule has 2 nitrogen and oxygen atoms in total. The SMILES string of the molecule is CC1(C)OB(C(=C2c3ccccc3-c3ccccc32)c2ccc(-c3ccccc3)cc2)OC1(C)C. The van der Waals surface area contributed by atoms with E-state index in [4.69, 9.17) is 9.31 Å². The number of hydrogen-bond acceptors (Lipinski definition) is 2. The fourth-order valence-corrected chi connectivity index (χ4v) is 5.14. The molecule has 2 aliphatic rings. The van der Waals surface area contributed by atoms with Crippen LogP contribution in [0.1, 0.15) is 44.4 Å². The van der Waals surface area contributed by atoms with Crippen LogP contribution in [0.3, 0.4) is 0 Å². The maximum Gasteiger partial charge on any atom is 0.496 e. The average molecular weight is 456 g/mol. The minimum atomic E-state index is -0.475. The molecule has 1 heterocycles. The van der Waals surface area contributed by atoms with Gasteiger partial charge in [0.1, 0.15) is 0 Å². The summed E-state index contributed by atoms with van der Waals surface area (Å²) in [6.07, 6.45) is 0. The Hall–Kier alpha value is -3.40. The number of benzene rings is 4. The van der Waals surface area contributed by atoms with Gasteiger partial charge in [0.25, 0.3) is 0 Å². The maximum absolute atomic E-state index is 6.66. The van der Waals surface area contributed by atoms with Crippen LogP contribution in [-0.2, 0) is 9.31 Å². The van der Waals surface area contributed by atoms with Crippen molar-refractivity contribution in [1.82, 2.24) is 0 Å². The van der Waals surface area contributed by atoms with Gasteiger partial charge < -0.3 is 9.31 Å². The van der Waals surface area contributed by atoms with Gasteiger partial charge in [-0.3, -0.25) is 0 Å². The maximum atomic E-state index is 6.66. The molecule has 0 saturated carbocycles. The van der Waals surface area contributed by atoms with E-state index in [0.29, 0.717) is 0 Å². The largest absolute Gasteiger partial charge is 0.496 e. The molecule has 0 radical (unpaired) electrons. The molecule has 172 valence electrons. The molecule has 4 aromatic rings. The number of fused-ring (bicyclic) bond motifs is 3. The summed E-state index contributed by atoms with van der Waals surface area (Å²) in [5.41, 5.74) is 9.92. The monoisotopic (exact) mass is 456 g/mol. The zero-order valence-electron chi connectivity index (χ0n) is 20.7. The van der Waals surface area contributed by atoms with Gasteiger partial charge in [-0.15, -0.1) is 0 Å². The predicted octanol–water partition coefficient (Wildman–Crippen LogP) is 7.92. The Balaban J connectivity index is 1.58. The smallest absolute Gasteiger partial charge is 0.399 e. The summed E-state index contributed by atoms with van der Waals surface area (Å²) in [4.78, 5) is 0. The van der Waals surface area contributed by atoms with Crippen LogP contribution in [0.4, 0.5) is 0 Å². The van der Waals surface area contributed by atoms with E-state index < -0.39 is 18.3 Å². The number of hydrogen-bond donors (Lipinski definition) is 0. The van der Waals surface area contributed by atoms with Gasteiger partial charge in [0.2, 0.25) is 0 Å². The van der Waals surface area contributed by atoms with Crippen LogP contribution >= 0.6 is 0 Å². The van der Waals surface area contributed by atoms with Gasteiger partial charge in [0.15, 0.2) is 0 Å². The molecule has 0 amide bonds. The molecular formula is C32H29BO2. The first-order chi connectivity index (χ1) is 16.9. The van der Waals surface area contributed by atoms with Crippen LogP contribution in [0, 0.1) is 0 Å². The number of rotatable bonds is 3. The van der Waals surface area contributed by atoms with Gasteiger partial charge in [-0.05, 0) is 77.7 Å². The van der Waals surface area contributed by atoms with Crippen molar-refractivity contribution in [3.8, 4) is 22.3 Å². The van der Waals surface area contributed by atoms with E-state index in [1.54, 1.807) is 0 Å². The third kappa shape index (κ3) is 3.58. The summed E-state index contributed by atoms with van der Waals surface area (Å²) in [7, 11) is -0.475. The Kier molecular flexibility index (Phi) is 5.10. The first-order valence-corrected chi connectivity index (χ1v) is 12.3. The van der Waals surface area contributed by atoms with Gasteiger partial charge in [0.05, 0.1) is 11.2 Å². The van der Waals surface area contributed by atoms with Crippen molar-refractivity contribution in [3.63, 3.8) is 0 Å². The first kappa shape index (κ1) is 22.1. The molecular weight excluding hydrogens is 427 g/mol. The summed E-state index contributed by atoms with van der Waals surface area (Å²) in [5.74, 6) is 0. The van der Waals surface area contributed by atoms with E-state index in [2.05, 4.69) is 125 Å². The van der Waals surface area contributed by atoms with Crippen molar-refractivity contribution in [2.24, 2.45) is 0 Å². The van der Waals surface area contributed by atoms with Crippen LogP contribution in [0.15, 0.2) is 103 Å². The molecule has 3 heteroatoms. The highest BCUT2D eigenvalue weighted by molar-refractivity contribution is 6.72. The summed E-state index contributed by atoms with van der Waals surface area (Å²) < 4.78 is 13.3. The first-order valence-electron chi connectivity index (χ1n) is 12.3. The molecule has 1 aliphatic carbocycles. The van der Waals surface area contributed by atoms with Crippen LogP contribution in [0.5, 0.6) is 0 Å². The lowest BCUT2D eigenvalue weighted by Gasteiger charge is -2.32. The van der Waals surface area contributed by atoms with E-state index in [9.17, 15) is 0 Å². The third-order valence-corrected chi connectivity index (χ3v) is 7.74. The van der Waals surface area contributed by atoms with Crippen molar-refractivity contribution in [2.45, 2.75) is 38.9 Å². The van der Waals surface area contributed by atoms with Crippen LogP contribution in [0.25, 0.3) is 33.3 Å². The van der Waals surface area contributed by atoms with E-state index in [0.717, 1.165) is 11.0 Å². The molecule has 1 saturated heterocycles. The Morgan fingerprint density at radius 2 is 0.943 bits per heavy atom. The highest BCUT2D eigenvalue weighted by Gasteiger charge is 2.53. The second kappa shape index (κ2) is 8.08. The van der Waals surface area contributed by atoms with E-state index in [1.165, 1.54) is 39.0 Å². The molecule has 0 unspecified atom stereocenters. The van der Waals surface area contributed by atoms with Crippen molar-refractivity contribution in [2.75, 3.05) is 0 Å². The van der Waals surface area contributed by atoms with Crippen molar-refractivity contribution in [3.05, 3.63) is 120 Å². The lowest BCUT2D eigenvalue weighted by molar-refractivity contribution is 0.00578. The lowest BCUT2D eigenvalue weighted by atomic mass is 9.69. The lowest BCUT2D eigenvalue weighted by Crippen LogP contribution is -2.41. The normalized spacial score (nSPS) is 17.3. The van der Waals surface area contributed by atoms with Crippen LogP contribution in [0.2, 0.25) is 0 Å². The van der Waals surface area contributed by atoms with Crippen molar-refractivity contribution >= 4 is 18.2 Å². The van der Waals surface area contributed by atoms with Crippen molar-refractivity contribution in [1.29, 1.82) is 0 Å². The molecule has 4 aromatic carbocycles. The second-order valence-electron chi connectivity index (χ2n) is 10.4. The zero-order chi connectivity index (χ0) is 24.2. The molecule has 1 aliphatic heterocycles. The van der Waals surface area contributed by atoms with E-state index in [1.807, 2.05) is 6.07 Å².